The lowest BCUT2D eigenvalue weighted by Gasteiger charge is -2.53. The largest absolute Gasteiger partial charge is 0.509 e. The zero-order chi connectivity index (χ0) is 23.3. The number of Topliss-reactive ketones (excluding diaryl/α,β-unsaturated/α-hetero) is 1. The van der Waals surface area contributed by atoms with Gasteiger partial charge in [-0.3, -0.25) is 9.59 Å². The first-order valence-corrected chi connectivity index (χ1v) is 11.6. The number of allylic oxidation sites excluding steroid dienone is 4. The normalized spacial score (nSPS) is 36.6. The van der Waals surface area contributed by atoms with Crippen LogP contribution in [0.4, 0.5) is 4.79 Å². The Morgan fingerprint density at radius 1 is 1.19 bits per heavy atom. The van der Waals surface area contributed by atoms with E-state index < -0.39 is 24.8 Å². The van der Waals surface area contributed by atoms with Crippen molar-refractivity contribution in [2.75, 3.05) is 6.61 Å². The molecule has 0 saturated heterocycles. The third-order valence-corrected chi connectivity index (χ3v) is 8.68. The minimum Gasteiger partial charge on any atom is -0.479 e. The molecular formula is C25H32O7. The molecule has 1 N–H and O–H groups in total. The average molecular weight is 445 g/mol. The van der Waals surface area contributed by atoms with E-state index in [0.29, 0.717) is 18.3 Å². The van der Waals surface area contributed by atoms with Gasteiger partial charge in [0.25, 0.3) is 0 Å². The molecule has 0 amide bonds. The monoisotopic (exact) mass is 444 g/mol. The summed E-state index contributed by atoms with van der Waals surface area (Å²) in [5.74, 6) is -0.549. The topological polar surface area (TPSA) is 107 Å². The highest BCUT2D eigenvalue weighted by molar-refractivity contribution is 5.92. The van der Waals surface area contributed by atoms with E-state index in [1.807, 2.05) is 6.08 Å². The number of carboxylic acids is 1. The number of hydrogen-bond acceptors (Lipinski definition) is 6. The van der Waals surface area contributed by atoms with Gasteiger partial charge < -0.3 is 14.6 Å². The fraction of sp³-hybridized carbons (Fsp3) is 0.680. The van der Waals surface area contributed by atoms with Crippen LogP contribution in [0.15, 0.2) is 23.3 Å². The molecule has 0 spiro atoms. The van der Waals surface area contributed by atoms with Crippen molar-refractivity contribution in [1.29, 1.82) is 0 Å². The highest BCUT2D eigenvalue weighted by Crippen LogP contribution is 2.64. The zero-order valence-electron chi connectivity index (χ0n) is 19.0. The molecule has 0 bridgehead atoms. The van der Waals surface area contributed by atoms with E-state index in [-0.39, 0.29) is 28.3 Å². The Labute approximate surface area is 188 Å². The van der Waals surface area contributed by atoms with Crippen LogP contribution in [0.25, 0.3) is 0 Å². The van der Waals surface area contributed by atoms with Crippen LogP contribution in [0.2, 0.25) is 0 Å². The van der Waals surface area contributed by atoms with Crippen molar-refractivity contribution < 1.29 is 33.8 Å². The van der Waals surface area contributed by atoms with E-state index in [2.05, 4.69) is 24.7 Å². The van der Waals surface area contributed by atoms with Crippen LogP contribution in [-0.2, 0) is 23.9 Å². The van der Waals surface area contributed by atoms with E-state index in [1.165, 1.54) is 18.1 Å². The van der Waals surface area contributed by atoms with Gasteiger partial charge in [-0.25, -0.2) is 9.59 Å². The number of fused-ring (bicyclic) bond motifs is 5. The molecule has 0 aromatic carbocycles. The van der Waals surface area contributed by atoms with E-state index >= 15 is 0 Å². The number of hydrogen-bond donors (Lipinski definition) is 1. The van der Waals surface area contributed by atoms with Crippen molar-refractivity contribution >= 4 is 23.7 Å². The maximum Gasteiger partial charge on any atom is 0.509 e. The molecule has 0 aromatic heterocycles. The Morgan fingerprint density at radius 3 is 2.66 bits per heavy atom. The summed E-state index contributed by atoms with van der Waals surface area (Å²) in [6.45, 7) is 5.30. The zero-order valence-corrected chi connectivity index (χ0v) is 19.0. The maximum atomic E-state index is 13.0. The van der Waals surface area contributed by atoms with Gasteiger partial charge >= 0.3 is 12.1 Å². The van der Waals surface area contributed by atoms with Gasteiger partial charge in [-0.2, -0.15) is 0 Å². The van der Waals surface area contributed by atoms with Crippen LogP contribution < -0.4 is 0 Å². The number of carbonyl (C=O) groups is 4. The van der Waals surface area contributed by atoms with Crippen LogP contribution in [0.5, 0.6) is 0 Å². The van der Waals surface area contributed by atoms with E-state index in [9.17, 15) is 19.2 Å². The first kappa shape index (κ1) is 22.7. The Balaban J connectivity index is 1.46. The molecule has 0 aliphatic heterocycles. The first-order valence-electron chi connectivity index (χ1n) is 11.6. The lowest BCUT2D eigenvalue weighted by molar-refractivity contribution is -0.147. The molecule has 32 heavy (non-hydrogen) atoms. The number of carbonyl (C=O) groups excluding carboxylic acids is 3. The Morgan fingerprint density at radius 2 is 1.94 bits per heavy atom. The fourth-order valence-corrected chi connectivity index (χ4v) is 6.84. The molecule has 4 aliphatic carbocycles. The fourth-order valence-electron chi connectivity index (χ4n) is 6.84. The van der Waals surface area contributed by atoms with Gasteiger partial charge in [0, 0.05) is 17.8 Å². The lowest BCUT2D eigenvalue weighted by Crippen LogP contribution is -2.46. The number of aliphatic carboxylic acids is 1. The van der Waals surface area contributed by atoms with Crippen molar-refractivity contribution in [2.24, 2.45) is 28.6 Å². The second-order valence-electron chi connectivity index (χ2n) is 10.3. The second-order valence-corrected chi connectivity index (χ2v) is 10.3. The van der Waals surface area contributed by atoms with Gasteiger partial charge in [0.1, 0.15) is 0 Å². The minimum atomic E-state index is -1.32. The molecule has 2 saturated carbocycles. The van der Waals surface area contributed by atoms with Gasteiger partial charge in [-0.05, 0) is 68.8 Å². The summed E-state index contributed by atoms with van der Waals surface area (Å²) in [5.41, 5.74) is 2.51. The highest BCUT2D eigenvalue weighted by atomic mass is 16.7. The molecule has 0 radical (unpaired) electrons. The number of ether oxygens (including phenoxy) is 2. The molecule has 6 atom stereocenters. The number of carboxylic acid groups (broad SMARTS) is 1. The van der Waals surface area contributed by atoms with Crippen molar-refractivity contribution in [3.8, 4) is 0 Å². The first-order chi connectivity index (χ1) is 15.1. The summed E-state index contributed by atoms with van der Waals surface area (Å²) in [4.78, 5) is 47.5. The molecule has 0 heterocycles. The molecule has 2 fully saturated rings. The molecule has 7 heteroatoms. The lowest BCUT2D eigenvalue weighted by atomic mass is 9.51. The van der Waals surface area contributed by atoms with E-state index in [1.54, 1.807) is 0 Å². The van der Waals surface area contributed by atoms with Crippen molar-refractivity contribution in [3.63, 3.8) is 0 Å². The standard InChI is InChI=1S/C25H32O7/c1-14(22(28)29)32-23(30)31-13-21(27)20-7-6-18-17-5-4-15-12-16(26)8-10-24(15,2)19(17)9-11-25(18,20)3/h9,12,14,17-18,20H,4-8,10-11,13H2,1-3H3,(H,28,29). The van der Waals surface area contributed by atoms with E-state index in [4.69, 9.17) is 9.84 Å². The average Bonchev–Trinajstić information content (AvgIpc) is 3.09. The Bertz CT molecular complexity index is 915. The summed E-state index contributed by atoms with van der Waals surface area (Å²) in [6.07, 6.45) is 7.69. The van der Waals surface area contributed by atoms with Crippen LogP contribution in [0, 0.1) is 28.6 Å². The Hall–Kier alpha value is -2.44. The van der Waals surface area contributed by atoms with Gasteiger partial charge in [0.2, 0.25) is 0 Å². The summed E-state index contributed by atoms with van der Waals surface area (Å²) in [5, 5.41) is 8.82. The molecule has 6 unspecified atom stereocenters. The third kappa shape index (κ3) is 3.69. The molecule has 4 rings (SSSR count). The van der Waals surface area contributed by atoms with Crippen molar-refractivity contribution in [2.45, 2.75) is 71.8 Å². The van der Waals surface area contributed by atoms with Crippen LogP contribution in [-0.4, -0.2) is 41.5 Å². The van der Waals surface area contributed by atoms with E-state index in [0.717, 1.165) is 38.5 Å². The molecule has 7 nitrogen and oxygen atoms in total. The summed E-state index contributed by atoms with van der Waals surface area (Å²) >= 11 is 0. The Kier molecular flexibility index (Phi) is 5.80. The van der Waals surface area contributed by atoms with Gasteiger partial charge in [0.05, 0.1) is 0 Å². The smallest absolute Gasteiger partial charge is 0.479 e. The highest BCUT2D eigenvalue weighted by Gasteiger charge is 2.57. The predicted molar refractivity (Wildman–Crippen MR) is 115 cm³/mol. The number of ketones is 2. The minimum absolute atomic E-state index is 0.0338. The predicted octanol–water partition coefficient (Wildman–Crippen LogP) is 4.25. The van der Waals surface area contributed by atoms with Crippen molar-refractivity contribution in [1.82, 2.24) is 0 Å². The SMILES string of the molecule is CC(OC(=O)OCC(=O)C1CCC2C3CCC4=CC(=O)CCC4(C)C3=CCC12C)C(=O)O. The molecular weight excluding hydrogens is 412 g/mol. The van der Waals surface area contributed by atoms with Crippen molar-refractivity contribution in [3.05, 3.63) is 23.3 Å². The van der Waals surface area contributed by atoms with Crippen LogP contribution in [0.3, 0.4) is 0 Å². The summed E-state index contributed by atoms with van der Waals surface area (Å²) in [7, 11) is 0. The van der Waals surface area contributed by atoms with Gasteiger partial charge in [0.15, 0.2) is 24.3 Å². The number of rotatable bonds is 5. The van der Waals surface area contributed by atoms with Gasteiger partial charge in [-0.1, -0.05) is 31.1 Å². The third-order valence-electron chi connectivity index (χ3n) is 8.68. The quantitative estimate of drug-likeness (QED) is 0.499. The second kappa shape index (κ2) is 8.16. The molecule has 4 aliphatic rings. The van der Waals surface area contributed by atoms with Gasteiger partial charge in [-0.15, -0.1) is 0 Å². The summed E-state index contributed by atoms with van der Waals surface area (Å²) in [6, 6.07) is 0. The van der Waals surface area contributed by atoms with Crippen LogP contribution >= 0.6 is 0 Å². The summed E-state index contributed by atoms with van der Waals surface area (Å²) < 4.78 is 9.58. The van der Waals surface area contributed by atoms with Crippen LogP contribution in [0.1, 0.15) is 65.7 Å². The maximum absolute atomic E-state index is 13.0. The molecule has 0 aromatic rings. The molecule has 174 valence electrons.